The van der Waals surface area contributed by atoms with Crippen molar-refractivity contribution < 1.29 is 28.5 Å². The maximum Gasteiger partial charge on any atom is 0.272 e. The topological polar surface area (TPSA) is 87.6 Å². The molecule has 3 fully saturated rings. The minimum absolute atomic E-state index is 0.436. The smallest absolute Gasteiger partial charge is 0.272 e. The Hall–Kier alpha value is -1.36. The summed E-state index contributed by atoms with van der Waals surface area (Å²) < 4.78 is 30.5. The van der Waals surface area contributed by atoms with Gasteiger partial charge < -0.3 is 23.7 Å². The van der Waals surface area contributed by atoms with Gasteiger partial charge in [0.25, 0.3) is 5.91 Å². The van der Waals surface area contributed by atoms with Crippen molar-refractivity contribution in [2.75, 3.05) is 0 Å². The molecule has 9 heteroatoms. The van der Waals surface area contributed by atoms with Crippen LogP contribution in [0.5, 0.6) is 0 Å². The summed E-state index contributed by atoms with van der Waals surface area (Å²) in [5, 5.41) is 4.03. The van der Waals surface area contributed by atoms with Gasteiger partial charge in [0.15, 0.2) is 24.0 Å². The molecule has 1 aromatic carbocycles. The van der Waals surface area contributed by atoms with Crippen LogP contribution >= 0.6 is 15.9 Å². The molecule has 0 aromatic heterocycles. The van der Waals surface area contributed by atoms with Gasteiger partial charge in [0.2, 0.25) is 0 Å². The third-order valence-electron chi connectivity index (χ3n) is 4.65. The molecule has 28 heavy (non-hydrogen) atoms. The average Bonchev–Trinajstić information content (AvgIpc) is 3.08. The first-order chi connectivity index (χ1) is 13.1. The van der Waals surface area contributed by atoms with E-state index in [-0.39, 0.29) is 0 Å². The van der Waals surface area contributed by atoms with Crippen LogP contribution in [0, 0.1) is 0 Å². The highest BCUT2D eigenvalue weighted by atomic mass is 79.9. The molecule has 1 N–H and O–H groups in total. The normalized spacial score (nSPS) is 35.5. The standard InChI is InChI=1S/C19H23BrN2O6/c1-18(2)25-12-13(26-18)15-17(28-19(3,4)27-15)24-14(12)16(23)22-21-9-10-6-5-7-11(20)8-10/h5-9,12-15,17H,1-4H3,(H,22,23)/b21-9+/t12-,13+,14+,15-,17-/m1/s1. The predicted molar refractivity (Wildman–Crippen MR) is 102 cm³/mol. The maximum atomic E-state index is 12.8. The van der Waals surface area contributed by atoms with Crippen LogP contribution in [0.3, 0.4) is 0 Å². The molecular weight excluding hydrogens is 432 g/mol. The van der Waals surface area contributed by atoms with Gasteiger partial charge in [-0.1, -0.05) is 28.1 Å². The van der Waals surface area contributed by atoms with Crippen molar-refractivity contribution >= 4 is 28.1 Å². The molecular formula is C19H23BrN2O6. The number of rotatable bonds is 3. The first kappa shape index (κ1) is 19.9. The molecule has 5 atom stereocenters. The summed E-state index contributed by atoms with van der Waals surface area (Å²) in [7, 11) is 0. The van der Waals surface area contributed by atoms with Crippen LogP contribution in [0.25, 0.3) is 0 Å². The molecule has 0 aliphatic carbocycles. The SMILES string of the molecule is CC1(C)O[C@H]2[C@@H](O1)[C@@H](C(=O)N/N=C/c1cccc(Br)c1)O[C@@H]1OC(C)(C)O[C@@H]12. The number of carbonyl (C=O) groups is 1. The van der Waals surface area contributed by atoms with Crippen molar-refractivity contribution in [1.82, 2.24) is 5.43 Å². The van der Waals surface area contributed by atoms with E-state index in [1.807, 2.05) is 24.3 Å². The fraction of sp³-hybridized carbons (Fsp3) is 0.579. The molecule has 3 heterocycles. The molecule has 4 rings (SSSR count). The number of benzene rings is 1. The first-order valence-electron chi connectivity index (χ1n) is 9.09. The minimum atomic E-state index is -0.940. The highest BCUT2D eigenvalue weighted by Gasteiger charge is 2.62. The fourth-order valence-corrected chi connectivity index (χ4v) is 4.06. The van der Waals surface area contributed by atoms with Crippen LogP contribution in [-0.4, -0.2) is 54.4 Å². The van der Waals surface area contributed by atoms with E-state index >= 15 is 0 Å². The number of nitrogens with one attached hydrogen (secondary N) is 1. The Balaban J connectivity index is 1.49. The van der Waals surface area contributed by atoms with Crippen LogP contribution in [-0.2, 0) is 28.5 Å². The van der Waals surface area contributed by atoms with E-state index in [2.05, 4.69) is 26.5 Å². The van der Waals surface area contributed by atoms with Gasteiger partial charge in [0, 0.05) is 4.47 Å². The number of carbonyl (C=O) groups excluding carboxylic acids is 1. The molecule has 3 aliphatic rings. The van der Waals surface area contributed by atoms with Gasteiger partial charge in [-0.2, -0.15) is 5.10 Å². The van der Waals surface area contributed by atoms with Gasteiger partial charge in [-0.15, -0.1) is 0 Å². The first-order valence-corrected chi connectivity index (χ1v) is 9.88. The summed E-state index contributed by atoms with van der Waals surface area (Å²) in [6.45, 7) is 7.17. The van der Waals surface area contributed by atoms with E-state index in [9.17, 15) is 4.79 Å². The van der Waals surface area contributed by atoms with E-state index in [1.165, 1.54) is 0 Å². The van der Waals surface area contributed by atoms with Gasteiger partial charge in [0.05, 0.1) is 6.21 Å². The fourth-order valence-electron chi connectivity index (χ4n) is 3.64. The Morgan fingerprint density at radius 3 is 2.50 bits per heavy atom. The van der Waals surface area contributed by atoms with Gasteiger partial charge in [0.1, 0.15) is 18.3 Å². The van der Waals surface area contributed by atoms with Crippen LogP contribution in [0.15, 0.2) is 33.8 Å². The zero-order valence-electron chi connectivity index (χ0n) is 16.0. The maximum absolute atomic E-state index is 12.8. The van der Waals surface area contributed by atoms with Crippen LogP contribution in [0.4, 0.5) is 0 Å². The molecule has 1 aromatic rings. The van der Waals surface area contributed by atoms with Crippen molar-refractivity contribution in [2.45, 2.75) is 70.0 Å². The number of hydrazone groups is 1. The van der Waals surface area contributed by atoms with E-state index < -0.39 is 48.2 Å². The number of ether oxygens (including phenoxy) is 5. The molecule has 0 radical (unpaired) electrons. The summed E-state index contributed by atoms with van der Waals surface area (Å²) in [5.74, 6) is -2.13. The Kier molecular flexibility index (Phi) is 5.09. The lowest BCUT2D eigenvalue weighted by Gasteiger charge is -2.36. The zero-order chi connectivity index (χ0) is 20.1. The monoisotopic (exact) mass is 454 g/mol. The highest BCUT2D eigenvalue weighted by Crippen LogP contribution is 2.44. The van der Waals surface area contributed by atoms with Crippen LogP contribution in [0.2, 0.25) is 0 Å². The number of fused-ring (bicyclic) bond motifs is 3. The summed E-state index contributed by atoms with van der Waals surface area (Å²) in [5.41, 5.74) is 3.36. The van der Waals surface area contributed by atoms with Crippen molar-refractivity contribution in [2.24, 2.45) is 5.10 Å². The molecule has 3 saturated heterocycles. The molecule has 1 amide bonds. The molecule has 0 saturated carbocycles. The van der Waals surface area contributed by atoms with Gasteiger partial charge in [-0.3, -0.25) is 4.79 Å². The number of nitrogens with zero attached hydrogens (tertiary/aromatic N) is 1. The molecule has 152 valence electrons. The zero-order valence-corrected chi connectivity index (χ0v) is 17.6. The second-order valence-corrected chi connectivity index (χ2v) is 8.79. The number of amides is 1. The summed E-state index contributed by atoms with van der Waals surface area (Å²) >= 11 is 3.40. The van der Waals surface area contributed by atoms with Gasteiger partial charge >= 0.3 is 0 Å². The lowest BCUT2D eigenvalue weighted by Crippen LogP contribution is -2.59. The van der Waals surface area contributed by atoms with Crippen LogP contribution in [0.1, 0.15) is 33.3 Å². The largest absolute Gasteiger partial charge is 0.342 e. The Labute approximate surface area is 171 Å². The quantitative estimate of drug-likeness (QED) is 0.556. The summed E-state index contributed by atoms with van der Waals surface area (Å²) in [4.78, 5) is 12.8. The number of halogens is 1. The highest BCUT2D eigenvalue weighted by molar-refractivity contribution is 9.10. The van der Waals surface area contributed by atoms with E-state index in [1.54, 1.807) is 33.9 Å². The molecule has 8 nitrogen and oxygen atoms in total. The lowest BCUT2D eigenvalue weighted by molar-refractivity contribution is -0.231. The second-order valence-electron chi connectivity index (χ2n) is 7.88. The number of hydrogen-bond donors (Lipinski definition) is 1. The van der Waals surface area contributed by atoms with Gasteiger partial charge in [-0.05, 0) is 45.4 Å². The van der Waals surface area contributed by atoms with E-state index in [0.717, 1.165) is 10.0 Å². The lowest BCUT2D eigenvalue weighted by atomic mass is 9.98. The summed E-state index contributed by atoms with van der Waals surface area (Å²) in [6.07, 6.45) is -1.70. The van der Waals surface area contributed by atoms with E-state index in [4.69, 9.17) is 23.7 Å². The van der Waals surface area contributed by atoms with Crippen molar-refractivity contribution in [1.29, 1.82) is 0 Å². The molecule has 0 bridgehead atoms. The molecule has 0 unspecified atom stereocenters. The van der Waals surface area contributed by atoms with Crippen molar-refractivity contribution in [3.05, 3.63) is 34.3 Å². The van der Waals surface area contributed by atoms with E-state index in [0.29, 0.717) is 0 Å². The third-order valence-corrected chi connectivity index (χ3v) is 5.14. The predicted octanol–water partition coefficient (Wildman–Crippen LogP) is 2.30. The number of hydrogen-bond acceptors (Lipinski definition) is 7. The average molecular weight is 455 g/mol. The molecule has 3 aliphatic heterocycles. The van der Waals surface area contributed by atoms with Crippen molar-refractivity contribution in [3.63, 3.8) is 0 Å². The summed E-state index contributed by atoms with van der Waals surface area (Å²) in [6, 6.07) is 7.55. The van der Waals surface area contributed by atoms with Crippen molar-refractivity contribution in [3.8, 4) is 0 Å². The Morgan fingerprint density at radius 1 is 1.07 bits per heavy atom. The third kappa shape index (κ3) is 4.00. The Bertz CT molecular complexity index is 798. The van der Waals surface area contributed by atoms with Gasteiger partial charge in [-0.25, -0.2) is 5.43 Å². The Morgan fingerprint density at radius 2 is 1.75 bits per heavy atom. The second kappa shape index (κ2) is 7.16. The minimum Gasteiger partial charge on any atom is -0.342 e. The molecule has 0 spiro atoms. The van der Waals surface area contributed by atoms with Crippen LogP contribution < -0.4 is 5.43 Å².